The molecule has 1 N–H and O–H groups in total. The third-order valence-corrected chi connectivity index (χ3v) is 5.92. The maximum atomic E-state index is 9.91. The lowest BCUT2D eigenvalue weighted by molar-refractivity contribution is -0.000732. The van der Waals surface area contributed by atoms with Crippen LogP contribution >= 0.6 is 0 Å². The minimum Gasteiger partial charge on any atom is -0.392 e. The van der Waals surface area contributed by atoms with Crippen LogP contribution in [0, 0.1) is 0 Å². The van der Waals surface area contributed by atoms with Gasteiger partial charge in [-0.25, -0.2) is 0 Å². The molecule has 2 nitrogen and oxygen atoms in total. The number of aliphatic hydroxyl groups is 1. The van der Waals surface area contributed by atoms with E-state index in [9.17, 15) is 5.11 Å². The first-order valence-corrected chi connectivity index (χ1v) is 10.1. The van der Waals surface area contributed by atoms with Crippen molar-refractivity contribution < 1.29 is 5.11 Å². The standard InChI is InChI=1S/C22H37NO/c1-19-22(24)18-17-21(23(19)2)16-12-7-5-3-4-6-9-13-20-14-10-8-11-15-20/h8,10-11,14-15,19,21-22,24H,3-7,9,12-13,16-18H2,1-2H3. The van der Waals surface area contributed by atoms with E-state index in [1.165, 1.54) is 69.8 Å². The first-order chi connectivity index (χ1) is 11.7. The van der Waals surface area contributed by atoms with Crippen LogP contribution in [-0.4, -0.2) is 35.2 Å². The predicted octanol–water partition coefficient (Wildman–Crippen LogP) is 5.19. The van der Waals surface area contributed by atoms with Crippen LogP contribution < -0.4 is 0 Å². The first-order valence-electron chi connectivity index (χ1n) is 10.1. The summed E-state index contributed by atoms with van der Waals surface area (Å²) >= 11 is 0. The number of aliphatic hydroxyl groups excluding tert-OH is 1. The number of hydrogen-bond acceptors (Lipinski definition) is 2. The molecule has 3 atom stereocenters. The highest BCUT2D eigenvalue weighted by Crippen LogP contribution is 2.25. The summed E-state index contributed by atoms with van der Waals surface area (Å²) in [6, 6.07) is 11.9. The number of likely N-dealkylation sites (tertiary alicyclic amines) is 1. The Kier molecular flexibility index (Phi) is 8.83. The Labute approximate surface area is 149 Å². The van der Waals surface area contributed by atoms with Gasteiger partial charge in [-0.3, -0.25) is 4.90 Å². The Morgan fingerprint density at radius 2 is 1.54 bits per heavy atom. The lowest BCUT2D eigenvalue weighted by Crippen LogP contribution is -2.49. The molecule has 1 aliphatic heterocycles. The Hall–Kier alpha value is -0.860. The molecule has 1 heterocycles. The summed E-state index contributed by atoms with van der Waals surface area (Å²) in [6.45, 7) is 2.16. The molecule has 3 unspecified atom stereocenters. The number of piperidine rings is 1. The van der Waals surface area contributed by atoms with E-state index in [0.717, 1.165) is 6.42 Å². The van der Waals surface area contributed by atoms with Crippen LogP contribution in [0.2, 0.25) is 0 Å². The van der Waals surface area contributed by atoms with Gasteiger partial charge in [0.25, 0.3) is 0 Å². The molecule has 0 aliphatic carbocycles. The topological polar surface area (TPSA) is 23.5 Å². The minimum atomic E-state index is -0.123. The fourth-order valence-electron chi connectivity index (χ4n) is 4.00. The summed E-state index contributed by atoms with van der Waals surface area (Å²) < 4.78 is 0. The molecule has 2 rings (SSSR count). The second-order valence-corrected chi connectivity index (χ2v) is 7.70. The molecule has 0 aromatic heterocycles. The molecule has 1 aliphatic rings. The summed E-state index contributed by atoms with van der Waals surface area (Å²) in [5.41, 5.74) is 1.48. The van der Waals surface area contributed by atoms with Gasteiger partial charge in [-0.15, -0.1) is 0 Å². The van der Waals surface area contributed by atoms with Crippen molar-refractivity contribution in [3.63, 3.8) is 0 Å². The summed E-state index contributed by atoms with van der Waals surface area (Å²) in [5.74, 6) is 0. The molecule has 1 saturated heterocycles. The Morgan fingerprint density at radius 1 is 0.917 bits per heavy atom. The molecule has 0 radical (unpaired) electrons. The van der Waals surface area contributed by atoms with Crippen molar-refractivity contribution in [2.24, 2.45) is 0 Å². The van der Waals surface area contributed by atoms with E-state index >= 15 is 0 Å². The third kappa shape index (κ3) is 6.57. The summed E-state index contributed by atoms with van der Waals surface area (Å²) in [7, 11) is 2.18. The number of benzene rings is 1. The molecular weight excluding hydrogens is 294 g/mol. The summed E-state index contributed by atoms with van der Waals surface area (Å²) in [5, 5.41) is 9.91. The highest BCUT2D eigenvalue weighted by atomic mass is 16.3. The lowest BCUT2D eigenvalue weighted by atomic mass is 9.91. The number of likely N-dealkylation sites (N-methyl/N-ethyl adjacent to an activating group) is 1. The van der Waals surface area contributed by atoms with Crippen LogP contribution in [0.15, 0.2) is 30.3 Å². The van der Waals surface area contributed by atoms with Gasteiger partial charge >= 0.3 is 0 Å². The molecule has 0 amide bonds. The molecule has 1 aromatic rings. The van der Waals surface area contributed by atoms with Gasteiger partial charge in [-0.2, -0.15) is 0 Å². The van der Waals surface area contributed by atoms with Gasteiger partial charge in [0.1, 0.15) is 0 Å². The number of rotatable bonds is 10. The van der Waals surface area contributed by atoms with E-state index in [-0.39, 0.29) is 6.10 Å². The molecule has 0 bridgehead atoms. The van der Waals surface area contributed by atoms with E-state index in [2.05, 4.69) is 49.2 Å². The van der Waals surface area contributed by atoms with Crippen molar-refractivity contribution in [2.75, 3.05) is 7.05 Å². The van der Waals surface area contributed by atoms with Gasteiger partial charge in [0, 0.05) is 12.1 Å². The maximum Gasteiger partial charge on any atom is 0.0693 e. The van der Waals surface area contributed by atoms with Crippen molar-refractivity contribution in [2.45, 2.75) is 95.7 Å². The molecule has 136 valence electrons. The second kappa shape index (κ2) is 10.9. The second-order valence-electron chi connectivity index (χ2n) is 7.70. The van der Waals surface area contributed by atoms with Crippen LogP contribution in [0.4, 0.5) is 0 Å². The van der Waals surface area contributed by atoms with Crippen molar-refractivity contribution in [3.8, 4) is 0 Å². The molecule has 24 heavy (non-hydrogen) atoms. The average molecular weight is 332 g/mol. The fraction of sp³-hybridized carbons (Fsp3) is 0.727. The smallest absolute Gasteiger partial charge is 0.0693 e. The van der Waals surface area contributed by atoms with Crippen LogP contribution in [0.25, 0.3) is 0 Å². The van der Waals surface area contributed by atoms with Crippen molar-refractivity contribution in [1.82, 2.24) is 4.90 Å². The molecular formula is C22H37NO. The van der Waals surface area contributed by atoms with E-state index in [1.807, 2.05) is 0 Å². The van der Waals surface area contributed by atoms with Crippen LogP contribution in [-0.2, 0) is 6.42 Å². The van der Waals surface area contributed by atoms with E-state index in [0.29, 0.717) is 12.1 Å². The Morgan fingerprint density at radius 3 is 2.25 bits per heavy atom. The van der Waals surface area contributed by atoms with Gasteiger partial charge in [-0.1, -0.05) is 68.9 Å². The van der Waals surface area contributed by atoms with Gasteiger partial charge in [0.2, 0.25) is 0 Å². The lowest BCUT2D eigenvalue weighted by Gasteiger charge is -2.41. The normalized spacial score (nSPS) is 25.0. The van der Waals surface area contributed by atoms with Crippen molar-refractivity contribution >= 4 is 0 Å². The largest absolute Gasteiger partial charge is 0.392 e. The highest BCUT2D eigenvalue weighted by molar-refractivity contribution is 5.14. The molecule has 2 heteroatoms. The predicted molar refractivity (Wildman–Crippen MR) is 103 cm³/mol. The zero-order valence-corrected chi connectivity index (χ0v) is 15.8. The zero-order chi connectivity index (χ0) is 17.2. The Balaban J connectivity index is 1.43. The van der Waals surface area contributed by atoms with Gasteiger partial charge in [0.15, 0.2) is 0 Å². The molecule has 0 saturated carbocycles. The van der Waals surface area contributed by atoms with Gasteiger partial charge < -0.3 is 5.11 Å². The monoisotopic (exact) mass is 331 g/mol. The number of unbranched alkanes of at least 4 members (excludes halogenated alkanes) is 6. The summed E-state index contributed by atoms with van der Waals surface area (Å²) in [6.07, 6.45) is 14.2. The number of hydrogen-bond donors (Lipinski definition) is 1. The minimum absolute atomic E-state index is 0.123. The maximum absolute atomic E-state index is 9.91. The highest BCUT2D eigenvalue weighted by Gasteiger charge is 2.30. The van der Waals surface area contributed by atoms with Crippen molar-refractivity contribution in [3.05, 3.63) is 35.9 Å². The molecule has 1 fully saturated rings. The average Bonchev–Trinajstić information content (AvgIpc) is 2.61. The van der Waals surface area contributed by atoms with Crippen molar-refractivity contribution in [1.29, 1.82) is 0 Å². The van der Waals surface area contributed by atoms with Crippen LogP contribution in [0.5, 0.6) is 0 Å². The molecule has 1 aromatic carbocycles. The van der Waals surface area contributed by atoms with Crippen LogP contribution in [0.1, 0.15) is 76.7 Å². The first kappa shape index (κ1) is 19.5. The van der Waals surface area contributed by atoms with Gasteiger partial charge in [-0.05, 0) is 51.6 Å². The number of nitrogens with zero attached hydrogens (tertiary/aromatic N) is 1. The Bertz CT molecular complexity index is 433. The third-order valence-electron chi connectivity index (χ3n) is 5.92. The van der Waals surface area contributed by atoms with E-state index in [1.54, 1.807) is 0 Å². The summed E-state index contributed by atoms with van der Waals surface area (Å²) in [4.78, 5) is 2.40. The van der Waals surface area contributed by atoms with Gasteiger partial charge in [0.05, 0.1) is 6.10 Å². The van der Waals surface area contributed by atoms with Crippen LogP contribution in [0.3, 0.4) is 0 Å². The zero-order valence-electron chi connectivity index (χ0n) is 15.8. The number of aryl methyl sites for hydroxylation is 1. The van der Waals surface area contributed by atoms with E-state index < -0.39 is 0 Å². The molecule has 0 spiro atoms. The quantitative estimate of drug-likeness (QED) is 0.596. The fourth-order valence-corrected chi connectivity index (χ4v) is 4.00. The van der Waals surface area contributed by atoms with E-state index in [4.69, 9.17) is 0 Å². The SMILES string of the molecule is CC1C(O)CCC(CCCCCCCCCc2ccccc2)N1C.